The van der Waals surface area contributed by atoms with Crippen LogP contribution in [0.2, 0.25) is 10.0 Å². The van der Waals surface area contributed by atoms with E-state index in [1.807, 2.05) is 30.3 Å². The molecule has 0 fully saturated rings. The van der Waals surface area contributed by atoms with Crippen molar-refractivity contribution in [2.75, 3.05) is 11.9 Å². The topological polar surface area (TPSA) is 38.1 Å². The maximum Gasteiger partial charge on any atom is 0.200 e. The zero-order chi connectivity index (χ0) is 17.3. The summed E-state index contributed by atoms with van der Waals surface area (Å²) in [6.07, 6.45) is 0.774. The van der Waals surface area contributed by atoms with Crippen molar-refractivity contribution in [1.29, 1.82) is 0 Å². The van der Waals surface area contributed by atoms with E-state index in [0.29, 0.717) is 22.3 Å². The van der Waals surface area contributed by atoms with Crippen LogP contribution >= 0.6 is 23.2 Å². The van der Waals surface area contributed by atoms with Gasteiger partial charge in [0.05, 0.1) is 27.7 Å². The fraction of sp³-hybridized carbons (Fsp3) is 0.316. The molecule has 1 aliphatic rings. The van der Waals surface area contributed by atoms with Crippen LogP contribution in [0.4, 0.5) is 5.69 Å². The first kappa shape index (κ1) is 17.1. The molecular weight excluding hydrogens is 343 g/mol. The lowest BCUT2D eigenvalue weighted by Gasteiger charge is -2.16. The Kier molecular flexibility index (Phi) is 4.75. The van der Waals surface area contributed by atoms with Gasteiger partial charge < -0.3 is 10.5 Å². The summed E-state index contributed by atoms with van der Waals surface area (Å²) in [5, 5.41) is 17.3. The molecule has 0 bridgehead atoms. The Morgan fingerprint density at radius 1 is 1.08 bits per heavy atom. The van der Waals surface area contributed by atoms with Crippen molar-refractivity contribution < 1.29 is 4.74 Å². The van der Waals surface area contributed by atoms with Gasteiger partial charge in [-0.05, 0) is 38.1 Å². The van der Waals surface area contributed by atoms with Crippen LogP contribution in [0.1, 0.15) is 25.8 Å². The van der Waals surface area contributed by atoms with Gasteiger partial charge in [-0.2, -0.15) is 0 Å². The number of nitrogens with one attached hydrogen (secondary N) is 1. The SMILES string of the molecule is CC1(C)CC(CNc2c(Cl)cccc2Cl)[N+]([O-])=C1c1ccccc1. The van der Waals surface area contributed by atoms with Gasteiger partial charge in [0.2, 0.25) is 5.71 Å². The molecule has 0 radical (unpaired) electrons. The quantitative estimate of drug-likeness (QED) is 0.599. The minimum absolute atomic E-state index is 0.164. The van der Waals surface area contributed by atoms with Crippen molar-refractivity contribution in [2.45, 2.75) is 26.3 Å². The number of hydrogen-bond donors (Lipinski definition) is 1. The van der Waals surface area contributed by atoms with Crippen LogP contribution < -0.4 is 5.32 Å². The summed E-state index contributed by atoms with van der Waals surface area (Å²) in [6.45, 7) is 4.72. The Labute approximate surface area is 152 Å². The van der Waals surface area contributed by atoms with Crippen LogP contribution in [0.3, 0.4) is 0 Å². The minimum atomic E-state index is -0.181. The molecule has 24 heavy (non-hydrogen) atoms. The summed E-state index contributed by atoms with van der Waals surface area (Å²) < 4.78 is 1.15. The summed E-state index contributed by atoms with van der Waals surface area (Å²) in [5.41, 5.74) is 2.32. The number of benzene rings is 2. The summed E-state index contributed by atoms with van der Waals surface area (Å²) in [4.78, 5) is 0. The van der Waals surface area contributed by atoms with Crippen LogP contribution in [0.25, 0.3) is 0 Å². The number of anilines is 1. The van der Waals surface area contributed by atoms with E-state index < -0.39 is 0 Å². The molecule has 0 saturated carbocycles. The molecule has 1 heterocycles. The summed E-state index contributed by atoms with van der Waals surface area (Å²) in [5.74, 6) is 0. The molecule has 1 unspecified atom stereocenters. The Bertz CT molecular complexity index is 752. The maximum atomic E-state index is 12.9. The number of rotatable bonds is 4. The molecule has 3 rings (SSSR count). The van der Waals surface area contributed by atoms with Gasteiger partial charge in [0.1, 0.15) is 0 Å². The summed E-state index contributed by atoms with van der Waals surface area (Å²) >= 11 is 12.4. The highest BCUT2D eigenvalue weighted by Gasteiger charge is 2.45. The average Bonchev–Trinajstić information content (AvgIpc) is 2.76. The largest absolute Gasteiger partial charge is 0.623 e. The number of halogens is 2. The summed E-state index contributed by atoms with van der Waals surface area (Å²) in [6, 6.07) is 15.1. The predicted octanol–water partition coefficient (Wildman–Crippen LogP) is 5.20. The number of hydrogen-bond acceptors (Lipinski definition) is 2. The minimum Gasteiger partial charge on any atom is -0.623 e. The van der Waals surface area contributed by atoms with Gasteiger partial charge >= 0.3 is 0 Å². The van der Waals surface area contributed by atoms with Crippen LogP contribution in [-0.2, 0) is 0 Å². The molecule has 3 nitrogen and oxygen atoms in total. The smallest absolute Gasteiger partial charge is 0.200 e. The Hall–Kier alpha value is -1.71. The van der Waals surface area contributed by atoms with Crippen LogP contribution in [-0.4, -0.2) is 23.0 Å². The third-order valence-electron chi connectivity index (χ3n) is 4.46. The van der Waals surface area contributed by atoms with Crippen LogP contribution in [0.5, 0.6) is 0 Å². The molecular formula is C19H20Cl2N2O. The second-order valence-corrected chi connectivity index (χ2v) is 7.57. The molecule has 1 aliphatic heterocycles. The third kappa shape index (κ3) is 3.24. The van der Waals surface area contributed by atoms with Crippen molar-refractivity contribution in [1.82, 2.24) is 0 Å². The number of nitrogens with zero attached hydrogens (tertiary/aromatic N) is 1. The first-order valence-corrected chi connectivity index (χ1v) is 8.73. The highest BCUT2D eigenvalue weighted by Crippen LogP contribution is 2.36. The first-order valence-electron chi connectivity index (χ1n) is 7.97. The zero-order valence-electron chi connectivity index (χ0n) is 13.7. The van der Waals surface area contributed by atoms with E-state index in [0.717, 1.165) is 22.4 Å². The van der Waals surface area contributed by atoms with Crippen molar-refractivity contribution in [3.05, 3.63) is 69.3 Å². The van der Waals surface area contributed by atoms with E-state index in [4.69, 9.17) is 23.2 Å². The number of hydroxylamine groups is 1. The Morgan fingerprint density at radius 3 is 2.33 bits per heavy atom. The second-order valence-electron chi connectivity index (χ2n) is 6.76. The first-order chi connectivity index (χ1) is 11.4. The van der Waals surface area contributed by atoms with Crippen molar-refractivity contribution in [3.63, 3.8) is 0 Å². The van der Waals surface area contributed by atoms with Gasteiger partial charge in [-0.25, -0.2) is 4.74 Å². The van der Waals surface area contributed by atoms with E-state index in [1.54, 1.807) is 18.2 Å². The molecule has 2 aromatic carbocycles. The number of para-hydroxylation sites is 1. The van der Waals surface area contributed by atoms with E-state index in [9.17, 15) is 5.21 Å². The average molecular weight is 363 g/mol. The standard InChI is InChI=1S/C19H20Cl2N2O/c1-19(2)11-14(12-22-17-15(20)9-6-10-16(17)21)23(24)18(19)13-7-4-3-5-8-13/h3-10,14,22H,11-12H2,1-2H3. The zero-order valence-corrected chi connectivity index (χ0v) is 15.2. The van der Waals surface area contributed by atoms with Gasteiger partial charge in [-0.3, -0.25) is 0 Å². The Balaban J connectivity index is 1.84. The van der Waals surface area contributed by atoms with Crippen LogP contribution in [0.15, 0.2) is 48.5 Å². The monoisotopic (exact) mass is 362 g/mol. The predicted molar refractivity (Wildman–Crippen MR) is 101 cm³/mol. The van der Waals surface area contributed by atoms with Gasteiger partial charge in [0.25, 0.3) is 0 Å². The second kappa shape index (κ2) is 6.66. The van der Waals surface area contributed by atoms with Gasteiger partial charge in [-0.1, -0.05) is 47.5 Å². The van der Waals surface area contributed by atoms with E-state index in [-0.39, 0.29) is 11.5 Å². The summed E-state index contributed by atoms with van der Waals surface area (Å²) in [7, 11) is 0. The van der Waals surface area contributed by atoms with Crippen molar-refractivity contribution >= 4 is 34.6 Å². The fourth-order valence-electron chi connectivity index (χ4n) is 3.41. The van der Waals surface area contributed by atoms with Gasteiger partial charge in [0.15, 0.2) is 6.04 Å². The van der Waals surface area contributed by atoms with Crippen LogP contribution in [0, 0.1) is 10.6 Å². The van der Waals surface area contributed by atoms with E-state index in [1.165, 1.54) is 0 Å². The highest BCUT2D eigenvalue weighted by molar-refractivity contribution is 6.39. The lowest BCUT2D eigenvalue weighted by molar-refractivity contribution is -0.487. The molecule has 1 atom stereocenters. The van der Waals surface area contributed by atoms with Crippen molar-refractivity contribution in [3.8, 4) is 0 Å². The molecule has 126 valence electrons. The molecule has 1 N–H and O–H groups in total. The van der Waals surface area contributed by atoms with E-state index in [2.05, 4.69) is 19.2 Å². The van der Waals surface area contributed by atoms with Gasteiger partial charge in [-0.15, -0.1) is 0 Å². The van der Waals surface area contributed by atoms with E-state index >= 15 is 0 Å². The molecule has 0 aliphatic carbocycles. The van der Waals surface area contributed by atoms with Gasteiger partial charge in [0, 0.05) is 12.0 Å². The maximum absolute atomic E-state index is 12.9. The Morgan fingerprint density at radius 2 is 1.71 bits per heavy atom. The molecule has 0 amide bonds. The molecule has 2 aromatic rings. The molecule has 0 aromatic heterocycles. The molecule has 0 saturated heterocycles. The fourth-order valence-corrected chi connectivity index (χ4v) is 3.94. The molecule has 5 heteroatoms. The highest BCUT2D eigenvalue weighted by atomic mass is 35.5. The lowest BCUT2D eigenvalue weighted by Crippen LogP contribution is -2.27. The molecule has 0 spiro atoms. The third-order valence-corrected chi connectivity index (χ3v) is 5.09. The normalized spacial score (nSPS) is 19.6. The van der Waals surface area contributed by atoms with Crippen molar-refractivity contribution in [2.24, 2.45) is 5.41 Å². The lowest BCUT2D eigenvalue weighted by atomic mass is 9.81.